The number of nitrogens with zero attached hydrogens (tertiary/aromatic N) is 1. The smallest absolute Gasteiger partial charge is 0.238 e. The Bertz CT molecular complexity index is 729. The standard InChI is InChI=1S/C21H25N3O2/c22-5-4-19(25)23-17-2-1-3-18(9-17)24-20(26)13-21-10-14-6-15(11-21)8-16(7-14)12-21/h1-3,9,14-16H,4,6-8,10-13H2,(H,23,25)(H,24,26). The minimum atomic E-state index is -0.343. The number of amides is 2. The van der Waals surface area contributed by atoms with Crippen molar-refractivity contribution in [1.82, 2.24) is 0 Å². The molecular weight excluding hydrogens is 326 g/mol. The molecule has 2 amide bonds. The van der Waals surface area contributed by atoms with E-state index in [4.69, 9.17) is 5.26 Å². The Labute approximate surface area is 154 Å². The monoisotopic (exact) mass is 351 g/mol. The lowest BCUT2D eigenvalue weighted by atomic mass is 9.49. The molecule has 4 fully saturated rings. The van der Waals surface area contributed by atoms with Gasteiger partial charge in [-0.2, -0.15) is 5.26 Å². The van der Waals surface area contributed by atoms with Gasteiger partial charge in [-0.1, -0.05) is 6.07 Å². The predicted octanol–water partition coefficient (Wildman–Crippen LogP) is 4.08. The van der Waals surface area contributed by atoms with E-state index in [0.29, 0.717) is 17.8 Å². The van der Waals surface area contributed by atoms with Gasteiger partial charge in [-0.15, -0.1) is 0 Å². The second kappa shape index (κ2) is 6.75. The van der Waals surface area contributed by atoms with Crippen LogP contribution in [-0.2, 0) is 9.59 Å². The number of rotatable bonds is 5. The van der Waals surface area contributed by atoms with Gasteiger partial charge in [-0.05, 0) is 79.9 Å². The average Bonchev–Trinajstić information content (AvgIpc) is 2.53. The molecule has 0 spiro atoms. The van der Waals surface area contributed by atoms with E-state index in [0.717, 1.165) is 17.8 Å². The second-order valence-corrected chi connectivity index (χ2v) is 8.61. The molecule has 136 valence electrons. The molecule has 0 aromatic heterocycles. The zero-order valence-electron chi connectivity index (χ0n) is 15.0. The first-order valence-electron chi connectivity index (χ1n) is 9.60. The summed E-state index contributed by atoms with van der Waals surface area (Å²) in [5.41, 5.74) is 1.50. The van der Waals surface area contributed by atoms with Crippen LogP contribution in [0.4, 0.5) is 11.4 Å². The fourth-order valence-electron chi connectivity index (χ4n) is 6.00. The van der Waals surface area contributed by atoms with E-state index in [2.05, 4.69) is 10.6 Å². The predicted molar refractivity (Wildman–Crippen MR) is 99.2 cm³/mol. The molecule has 0 heterocycles. The Morgan fingerprint density at radius 1 is 1.00 bits per heavy atom. The molecule has 4 aliphatic carbocycles. The van der Waals surface area contributed by atoms with Crippen LogP contribution < -0.4 is 10.6 Å². The van der Waals surface area contributed by atoms with Gasteiger partial charge in [-0.25, -0.2) is 0 Å². The van der Waals surface area contributed by atoms with Crippen molar-refractivity contribution in [2.75, 3.05) is 10.6 Å². The summed E-state index contributed by atoms with van der Waals surface area (Å²) in [6.07, 6.45) is 8.23. The summed E-state index contributed by atoms with van der Waals surface area (Å²) < 4.78 is 0. The maximum atomic E-state index is 12.7. The molecule has 4 saturated carbocycles. The number of nitriles is 1. The van der Waals surface area contributed by atoms with Gasteiger partial charge in [0.05, 0.1) is 6.07 Å². The van der Waals surface area contributed by atoms with Crippen LogP contribution in [0.2, 0.25) is 0 Å². The molecule has 1 aromatic carbocycles. The molecule has 5 nitrogen and oxygen atoms in total. The molecular formula is C21H25N3O2. The molecule has 4 bridgehead atoms. The number of hydrogen-bond acceptors (Lipinski definition) is 3. The third kappa shape index (κ3) is 3.60. The molecule has 2 N–H and O–H groups in total. The van der Waals surface area contributed by atoms with Gasteiger partial charge in [0, 0.05) is 17.8 Å². The van der Waals surface area contributed by atoms with Crippen LogP contribution in [0.15, 0.2) is 24.3 Å². The summed E-state index contributed by atoms with van der Waals surface area (Å²) >= 11 is 0. The van der Waals surface area contributed by atoms with Crippen LogP contribution >= 0.6 is 0 Å². The van der Waals surface area contributed by atoms with Crippen molar-refractivity contribution in [1.29, 1.82) is 5.26 Å². The lowest BCUT2D eigenvalue weighted by molar-refractivity contribution is -0.124. The molecule has 26 heavy (non-hydrogen) atoms. The summed E-state index contributed by atoms with van der Waals surface area (Å²) in [6, 6.07) is 8.95. The van der Waals surface area contributed by atoms with Crippen LogP contribution in [0.25, 0.3) is 0 Å². The van der Waals surface area contributed by atoms with Gasteiger partial charge in [0.15, 0.2) is 0 Å². The second-order valence-electron chi connectivity index (χ2n) is 8.61. The topological polar surface area (TPSA) is 82.0 Å². The molecule has 1 aromatic rings. The highest BCUT2D eigenvalue weighted by Gasteiger charge is 2.51. The third-order valence-corrected chi connectivity index (χ3v) is 6.37. The van der Waals surface area contributed by atoms with Crippen molar-refractivity contribution < 1.29 is 9.59 Å². The van der Waals surface area contributed by atoms with Crippen LogP contribution in [0, 0.1) is 34.5 Å². The van der Waals surface area contributed by atoms with E-state index >= 15 is 0 Å². The maximum absolute atomic E-state index is 12.7. The highest BCUT2D eigenvalue weighted by atomic mass is 16.2. The van der Waals surface area contributed by atoms with Crippen molar-refractivity contribution in [3.05, 3.63) is 24.3 Å². The summed E-state index contributed by atoms with van der Waals surface area (Å²) in [7, 11) is 0. The lowest BCUT2D eigenvalue weighted by Gasteiger charge is -2.56. The SMILES string of the molecule is N#CCC(=O)Nc1cccc(NC(=O)CC23CC4CC(CC(C4)C2)C3)c1. The minimum Gasteiger partial charge on any atom is -0.326 e. The largest absolute Gasteiger partial charge is 0.326 e. The summed E-state index contributed by atoms with van der Waals surface area (Å²) in [5.74, 6) is 2.25. The van der Waals surface area contributed by atoms with Gasteiger partial charge in [0.25, 0.3) is 0 Å². The molecule has 0 aliphatic heterocycles. The summed E-state index contributed by atoms with van der Waals surface area (Å²) in [4.78, 5) is 24.2. The van der Waals surface area contributed by atoms with E-state index in [1.807, 2.05) is 12.1 Å². The average molecular weight is 351 g/mol. The third-order valence-electron chi connectivity index (χ3n) is 6.37. The van der Waals surface area contributed by atoms with Crippen molar-refractivity contribution in [2.24, 2.45) is 23.2 Å². The van der Waals surface area contributed by atoms with Gasteiger partial charge in [-0.3, -0.25) is 9.59 Å². The highest BCUT2D eigenvalue weighted by molar-refractivity contribution is 5.94. The number of carbonyl (C=O) groups is 2. The molecule has 0 saturated heterocycles. The molecule has 0 atom stereocenters. The van der Waals surface area contributed by atoms with Gasteiger partial charge < -0.3 is 10.6 Å². The van der Waals surface area contributed by atoms with Gasteiger partial charge in [0.2, 0.25) is 11.8 Å². The van der Waals surface area contributed by atoms with Crippen LogP contribution in [0.5, 0.6) is 0 Å². The Kier molecular flexibility index (Phi) is 4.44. The maximum Gasteiger partial charge on any atom is 0.238 e. The molecule has 5 heteroatoms. The fraction of sp³-hybridized carbons (Fsp3) is 0.571. The summed E-state index contributed by atoms with van der Waals surface area (Å²) in [5, 5.41) is 14.2. The first kappa shape index (κ1) is 17.1. The Morgan fingerprint density at radius 3 is 2.08 bits per heavy atom. The van der Waals surface area contributed by atoms with E-state index in [1.165, 1.54) is 38.5 Å². The first-order valence-corrected chi connectivity index (χ1v) is 9.60. The quantitative estimate of drug-likeness (QED) is 0.838. The normalized spacial score (nSPS) is 31.3. The first-order chi connectivity index (χ1) is 12.5. The summed E-state index contributed by atoms with van der Waals surface area (Å²) in [6.45, 7) is 0. The van der Waals surface area contributed by atoms with E-state index in [-0.39, 0.29) is 23.7 Å². The molecule has 4 aliphatic rings. The van der Waals surface area contributed by atoms with Crippen molar-refractivity contribution in [3.63, 3.8) is 0 Å². The van der Waals surface area contributed by atoms with Crippen molar-refractivity contribution in [3.8, 4) is 6.07 Å². The van der Waals surface area contributed by atoms with Crippen LogP contribution in [0.3, 0.4) is 0 Å². The van der Waals surface area contributed by atoms with Crippen molar-refractivity contribution >= 4 is 23.2 Å². The van der Waals surface area contributed by atoms with E-state index in [9.17, 15) is 9.59 Å². The van der Waals surface area contributed by atoms with Crippen LogP contribution in [0.1, 0.15) is 51.4 Å². The molecule has 5 rings (SSSR count). The van der Waals surface area contributed by atoms with E-state index < -0.39 is 0 Å². The zero-order chi connectivity index (χ0) is 18.1. The molecule has 0 unspecified atom stereocenters. The Hall–Kier alpha value is -2.35. The Morgan fingerprint density at radius 2 is 1.54 bits per heavy atom. The van der Waals surface area contributed by atoms with Gasteiger partial charge >= 0.3 is 0 Å². The number of benzene rings is 1. The number of carbonyl (C=O) groups excluding carboxylic acids is 2. The van der Waals surface area contributed by atoms with Crippen molar-refractivity contribution in [2.45, 2.75) is 51.4 Å². The number of nitrogens with one attached hydrogen (secondary N) is 2. The highest BCUT2D eigenvalue weighted by Crippen LogP contribution is 2.61. The molecule has 0 radical (unpaired) electrons. The van der Waals surface area contributed by atoms with E-state index in [1.54, 1.807) is 18.2 Å². The lowest BCUT2D eigenvalue weighted by Crippen LogP contribution is -2.47. The minimum absolute atomic E-state index is 0.0763. The number of hydrogen-bond donors (Lipinski definition) is 2. The Balaban J connectivity index is 1.38. The fourth-order valence-corrected chi connectivity index (χ4v) is 6.00. The van der Waals surface area contributed by atoms with Gasteiger partial charge in [0.1, 0.15) is 6.42 Å². The number of anilines is 2. The zero-order valence-corrected chi connectivity index (χ0v) is 15.0. The van der Waals surface area contributed by atoms with Crippen LogP contribution in [-0.4, -0.2) is 11.8 Å².